The normalized spacial score (nSPS) is 17.4. The molecule has 1 aliphatic heterocycles. The zero-order valence-electron chi connectivity index (χ0n) is 13.9. The Bertz CT molecular complexity index is 551. The van der Waals surface area contributed by atoms with Gasteiger partial charge in [0.1, 0.15) is 5.75 Å². The number of ether oxygens (including phenoxy) is 1. The van der Waals surface area contributed by atoms with Gasteiger partial charge in [-0.05, 0) is 45.0 Å². The number of carbonyl (C=O) groups is 1. The number of likely N-dealkylation sites (tertiary alicyclic amines) is 1. The summed E-state index contributed by atoms with van der Waals surface area (Å²) in [6, 6.07) is 7.01. The predicted molar refractivity (Wildman–Crippen MR) is 89.8 cm³/mol. The number of hydrogen-bond donors (Lipinski definition) is 0. The van der Waals surface area contributed by atoms with Crippen molar-refractivity contribution in [2.45, 2.75) is 38.3 Å². The molecule has 4 nitrogen and oxygen atoms in total. The van der Waals surface area contributed by atoms with E-state index in [1.165, 1.54) is 0 Å². The lowest BCUT2D eigenvalue weighted by molar-refractivity contribution is -0.139. The van der Waals surface area contributed by atoms with Crippen molar-refractivity contribution in [1.82, 2.24) is 9.80 Å². The SMILES string of the molecule is CC(Oc1cccc(Cl)c1)C(=O)N1CCC(N(C)CC(F)F)CC1. The van der Waals surface area contributed by atoms with Crippen LogP contribution in [0.1, 0.15) is 19.8 Å². The average molecular weight is 361 g/mol. The van der Waals surface area contributed by atoms with Gasteiger partial charge < -0.3 is 9.64 Å². The number of benzene rings is 1. The molecular formula is C17H23ClF2N2O2. The molecular weight excluding hydrogens is 338 g/mol. The summed E-state index contributed by atoms with van der Waals surface area (Å²) >= 11 is 5.90. The van der Waals surface area contributed by atoms with Crippen molar-refractivity contribution < 1.29 is 18.3 Å². The molecule has 7 heteroatoms. The molecule has 0 bridgehead atoms. The molecule has 0 aromatic heterocycles. The van der Waals surface area contributed by atoms with E-state index in [2.05, 4.69) is 0 Å². The summed E-state index contributed by atoms with van der Waals surface area (Å²) < 4.78 is 30.6. The minimum Gasteiger partial charge on any atom is -0.481 e. The third kappa shape index (κ3) is 5.31. The van der Waals surface area contributed by atoms with Gasteiger partial charge in [-0.2, -0.15) is 0 Å². The standard InChI is InChI=1S/C17H23ClF2N2O2/c1-12(24-15-5-3-4-13(18)10-15)17(23)22-8-6-14(7-9-22)21(2)11-16(19)20/h3-5,10,12,14,16H,6-9,11H2,1-2H3. The van der Waals surface area contributed by atoms with Crippen LogP contribution >= 0.6 is 11.6 Å². The lowest BCUT2D eigenvalue weighted by atomic mass is 10.0. The minimum atomic E-state index is -2.33. The zero-order valence-corrected chi connectivity index (χ0v) is 14.7. The molecule has 1 aliphatic rings. The van der Waals surface area contributed by atoms with Crippen LogP contribution in [0.25, 0.3) is 0 Å². The Hall–Kier alpha value is -1.40. The summed E-state index contributed by atoms with van der Waals surface area (Å²) in [6.45, 7) is 2.59. The Morgan fingerprint density at radius 3 is 2.67 bits per heavy atom. The summed E-state index contributed by atoms with van der Waals surface area (Å²) in [5, 5.41) is 0.551. The number of rotatable bonds is 6. The van der Waals surface area contributed by atoms with Crippen LogP contribution in [0.15, 0.2) is 24.3 Å². The van der Waals surface area contributed by atoms with Gasteiger partial charge in [-0.3, -0.25) is 9.69 Å². The Labute approximate surface area is 146 Å². The Balaban J connectivity index is 1.83. The lowest BCUT2D eigenvalue weighted by Crippen LogP contribution is -2.49. The number of alkyl halides is 2. The molecule has 24 heavy (non-hydrogen) atoms. The van der Waals surface area contributed by atoms with E-state index in [1.54, 1.807) is 48.0 Å². The summed E-state index contributed by atoms with van der Waals surface area (Å²) in [6.07, 6.45) is -1.56. The second-order valence-corrected chi connectivity index (χ2v) is 6.54. The average Bonchev–Trinajstić information content (AvgIpc) is 2.53. The molecule has 0 aliphatic carbocycles. The highest BCUT2D eigenvalue weighted by atomic mass is 35.5. The van der Waals surface area contributed by atoms with E-state index < -0.39 is 12.5 Å². The van der Waals surface area contributed by atoms with Crippen molar-refractivity contribution in [1.29, 1.82) is 0 Å². The van der Waals surface area contributed by atoms with Gasteiger partial charge in [-0.15, -0.1) is 0 Å². The molecule has 0 saturated carbocycles. The highest BCUT2D eigenvalue weighted by molar-refractivity contribution is 6.30. The first-order valence-electron chi connectivity index (χ1n) is 8.06. The van der Waals surface area contributed by atoms with Gasteiger partial charge in [-0.1, -0.05) is 17.7 Å². The van der Waals surface area contributed by atoms with Gasteiger partial charge in [-0.25, -0.2) is 8.78 Å². The molecule has 0 radical (unpaired) electrons. The van der Waals surface area contributed by atoms with E-state index in [1.807, 2.05) is 0 Å². The first-order chi connectivity index (χ1) is 11.4. The van der Waals surface area contributed by atoms with Crippen LogP contribution in [0.5, 0.6) is 5.75 Å². The van der Waals surface area contributed by atoms with Crippen LogP contribution in [-0.4, -0.2) is 61.0 Å². The van der Waals surface area contributed by atoms with Gasteiger partial charge in [0.05, 0.1) is 6.54 Å². The summed E-state index contributed by atoms with van der Waals surface area (Å²) in [5.41, 5.74) is 0. The molecule has 0 N–H and O–H groups in total. The predicted octanol–water partition coefficient (Wildman–Crippen LogP) is 3.30. The molecule has 1 unspecified atom stereocenters. The number of amides is 1. The van der Waals surface area contributed by atoms with Crippen molar-refractivity contribution in [3.05, 3.63) is 29.3 Å². The zero-order chi connectivity index (χ0) is 17.7. The maximum Gasteiger partial charge on any atom is 0.263 e. The third-order valence-electron chi connectivity index (χ3n) is 4.28. The van der Waals surface area contributed by atoms with E-state index in [0.29, 0.717) is 36.7 Å². The maximum absolute atomic E-state index is 12.5. The number of halogens is 3. The van der Waals surface area contributed by atoms with Crippen LogP contribution in [0, 0.1) is 0 Å². The maximum atomic E-state index is 12.5. The molecule has 0 spiro atoms. The summed E-state index contributed by atoms with van der Waals surface area (Å²) in [5.74, 6) is 0.458. The largest absolute Gasteiger partial charge is 0.481 e. The Morgan fingerprint density at radius 1 is 1.42 bits per heavy atom. The summed E-state index contributed by atoms with van der Waals surface area (Å²) in [4.78, 5) is 15.9. The topological polar surface area (TPSA) is 32.8 Å². The Kier molecular flexibility index (Phi) is 6.80. The fourth-order valence-corrected chi connectivity index (χ4v) is 3.13. The van der Waals surface area contributed by atoms with Crippen LogP contribution in [0.3, 0.4) is 0 Å². The molecule has 1 saturated heterocycles. The van der Waals surface area contributed by atoms with Gasteiger partial charge in [0.15, 0.2) is 6.10 Å². The molecule has 1 aromatic carbocycles. The quantitative estimate of drug-likeness (QED) is 0.780. The summed E-state index contributed by atoms with van der Waals surface area (Å²) in [7, 11) is 1.71. The number of nitrogens with zero attached hydrogens (tertiary/aromatic N) is 2. The van der Waals surface area contributed by atoms with E-state index in [4.69, 9.17) is 16.3 Å². The number of carbonyl (C=O) groups excluding carboxylic acids is 1. The highest BCUT2D eigenvalue weighted by Gasteiger charge is 2.29. The molecule has 1 aromatic rings. The van der Waals surface area contributed by atoms with E-state index >= 15 is 0 Å². The van der Waals surface area contributed by atoms with Gasteiger partial charge in [0.25, 0.3) is 12.3 Å². The molecule has 2 rings (SSSR count). The van der Waals surface area contributed by atoms with Crippen molar-refractivity contribution in [3.63, 3.8) is 0 Å². The van der Waals surface area contributed by atoms with Crippen molar-refractivity contribution in [2.75, 3.05) is 26.7 Å². The van der Waals surface area contributed by atoms with E-state index in [9.17, 15) is 13.6 Å². The first-order valence-corrected chi connectivity index (χ1v) is 8.44. The van der Waals surface area contributed by atoms with Crippen molar-refractivity contribution in [2.24, 2.45) is 0 Å². The number of hydrogen-bond acceptors (Lipinski definition) is 3. The highest BCUT2D eigenvalue weighted by Crippen LogP contribution is 2.21. The van der Waals surface area contributed by atoms with Crippen molar-refractivity contribution in [3.8, 4) is 5.75 Å². The fourth-order valence-electron chi connectivity index (χ4n) is 2.95. The Morgan fingerprint density at radius 2 is 2.08 bits per heavy atom. The van der Waals surface area contributed by atoms with Gasteiger partial charge in [0, 0.05) is 24.2 Å². The second kappa shape index (κ2) is 8.62. The number of piperidine rings is 1. The van der Waals surface area contributed by atoms with Crippen molar-refractivity contribution >= 4 is 17.5 Å². The van der Waals surface area contributed by atoms with Crippen LogP contribution < -0.4 is 4.74 Å². The molecule has 1 heterocycles. The smallest absolute Gasteiger partial charge is 0.263 e. The molecule has 1 fully saturated rings. The monoisotopic (exact) mass is 360 g/mol. The fraction of sp³-hybridized carbons (Fsp3) is 0.588. The van der Waals surface area contributed by atoms with Crippen LogP contribution in [0.2, 0.25) is 5.02 Å². The molecule has 1 atom stereocenters. The minimum absolute atomic E-state index is 0.0900. The van der Waals surface area contributed by atoms with E-state index in [-0.39, 0.29) is 18.5 Å². The third-order valence-corrected chi connectivity index (χ3v) is 4.52. The first kappa shape index (κ1) is 18.9. The molecule has 1 amide bonds. The van der Waals surface area contributed by atoms with E-state index in [0.717, 1.165) is 0 Å². The van der Waals surface area contributed by atoms with Gasteiger partial charge >= 0.3 is 0 Å². The van der Waals surface area contributed by atoms with Gasteiger partial charge in [0.2, 0.25) is 0 Å². The second-order valence-electron chi connectivity index (χ2n) is 6.10. The van der Waals surface area contributed by atoms with Crippen LogP contribution in [0.4, 0.5) is 8.78 Å². The molecule has 134 valence electrons. The lowest BCUT2D eigenvalue weighted by Gasteiger charge is -2.37. The van der Waals surface area contributed by atoms with Crippen LogP contribution in [-0.2, 0) is 4.79 Å².